The highest BCUT2D eigenvalue weighted by atomic mass is 16.6. The third-order valence-corrected chi connectivity index (χ3v) is 14.7. The van der Waals surface area contributed by atoms with Crippen LogP contribution in [0, 0.1) is 0 Å². The molecule has 0 N–H and O–H groups in total. The van der Waals surface area contributed by atoms with E-state index in [0.717, 1.165) is 122 Å². The van der Waals surface area contributed by atoms with Crippen molar-refractivity contribution in [3.05, 3.63) is 109 Å². The molecule has 464 valence electrons. The minimum atomic E-state index is -0.792. The minimum Gasteiger partial charge on any atom is -0.462 e. The zero-order valence-corrected chi connectivity index (χ0v) is 53.3. The molecule has 0 rings (SSSR count). The Morgan fingerprint density at radius 2 is 0.481 bits per heavy atom. The fourth-order valence-electron chi connectivity index (χ4n) is 9.59. The summed E-state index contributed by atoms with van der Waals surface area (Å²) in [6.07, 6.45) is 93.8. The fourth-order valence-corrected chi connectivity index (χ4v) is 9.59. The van der Waals surface area contributed by atoms with Crippen molar-refractivity contribution in [3.8, 4) is 0 Å². The Balaban J connectivity index is 4.40. The third kappa shape index (κ3) is 66.8. The molecule has 0 aromatic rings. The lowest BCUT2D eigenvalue weighted by Crippen LogP contribution is -2.30. The number of allylic oxidation sites excluding steroid dienone is 18. The third-order valence-electron chi connectivity index (χ3n) is 14.7. The number of unbranched alkanes of at least 4 members (excludes halogenated alkanes) is 33. The van der Waals surface area contributed by atoms with Gasteiger partial charge in [-0.05, 0) is 128 Å². The normalized spacial score (nSPS) is 12.8. The molecule has 0 aliphatic carbocycles. The van der Waals surface area contributed by atoms with Crippen molar-refractivity contribution in [3.63, 3.8) is 0 Å². The first-order valence-corrected chi connectivity index (χ1v) is 34.4. The standard InChI is InChI=1S/C75H128O6/c1-4-7-10-13-16-19-22-25-28-31-34-35-36-37-38-39-42-44-47-50-53-56-59-62-65-68-74(77)80-71-72(81-75(78)69-66-63-60-57-54-51-48-45-41-33-30-27-24-21-18-15-12-9-6-3)70-79-73(76)67-64-61-58-55-52-49-46-43-40-32-29-26-23-20-17-14-11-8-5-2/h7,10,16,18-19,21,25-30,34-35,37-38,41,45,72H,4-6,8-9,11-15,17,20,22-24,31-33,36,39-40,42-44,46-71H2,1-3H3/b10-7-,19-16-,21-18-,28-25-,29-26-,30-27-,35-34-,38-37-,45-41-. The van der Waals surface area contributed by atoms with E-state index in [1.165, 1.54) is 167 Å². The lowest BCUT2D eigenvalue weighted by Gasteiger charge is -2.18. The van der Waals surface area contributed by atoms with Crippen LogP contribution in [-0.2, 0) is 28.6 Å². The average Bonchev–Trinajstić information content (AvgIpc) is 3.47. The summed E-state index contributed by atoms with van der Waals surface area (Å²) in [5.74, 6) is -0.895. The van der Waals surface area contributed by atoms with E-state index in [0.29, 0.717) is 19.3 Å². The van der Waals surface area contributed by atoms with Crippen LogP contribution < -0.4 is 0 Å². The van der Waals surface area contributed by atoms with Crippen LogP contribution >= 0.6 is 0 Å². The monoisotopic (exact) mass is 1120 g/mol. The summed E-state index contributed by atoms with van der Waals surface area (Å²) in [4.78, 5) is 38.5. The summed E-state index contributed by atoms with van der Waals surface area (Å²) in [5.41, 5.74) is 0. The molecule has 0 aromatic heterocycles. The Labute approximate surface area is 501 Å². The molecule has 1 unspecified atom stereocenters. The molecule has 0 aliphatic rings. The Kier molecular flexibility index (Phi) is 65.2. The van der Waals surface area contributed by atoms with Gasteiger partial charge >= 0.3 is 17.9 Å². The molecule has 0 aromatic carbocycles. The number of rotatable bonds is 62. The first-order chi connectivity index (χ1) is 40.0. The lowest BCUT2D eigenvalue weighted by molar-refractivity contribution is -0.167. The van der Waals surface area contributed by atoms with E-state index in [4.69, 9.17) is 14.2 Å². The highest BCUT2D eigenvalue weighted by Gasteiger charge is 2.19. The molecule has 0 radical (unpaired) electrons. The second-order valence-corrected chi connectivity index (χ2v) is 22.7. The van der Waals surface area contributed by atoms with Gasteiger partial charge in [-0.1, -0.05) is 291 Å². The number of carbonyl (C=O) groups excluding carboxylic acids is 3. The smallest absolute Gasteiger partial charge is 0.306 e. The van der Waals surface area contributed by atoms with Crippen LogP contribution in [0.3, 0.4) is 0 Å². The molecule has 6 nitrogen and oxygen atoms in total. The zero-order chi connectivity index (χ0) is 58.5. The van der Waals surface area contributed by atoms with Crippen LogP contribution in [0.2, 0.25) is 0 Å². The van der Waals surface area contributed by atoms with Crippen LogP contribution in [0.25, 0.3) is 0 Å². The van der Waals surface area contributed by atoms with E-state index in [1.54, 1.807) is 0 Å². The first kappa shape index (κ1) is 77.1. The SMILES string of the molecule is CC/C=C\C/C=C\C/C=C\C/C=C\C/C=C\CCCCCCCCCCCC(=O)OCC(COC(=O)CCCCCCCCCCC/C=C\CCCCCCCC)OC(=O)CCCCCCCC/C=C\C/C=C\C/C=C\CCCCC. The maximum atomic E-state index is 13.0. The van der Waals surface area contributed by atoms with Gasteiger partial charge in [-0.3, -0.25) is 14.4 Å². The first-order valence-electron chi connectivity index (χ1n) is 34.4. The van der Waals surface area contributed by atoms with Gasteiger partial charge in [-0.25, -0.2) is 0 Å². The van der Waals surface area contributed by atoms with Crippen molar-refractivity contribution in [2.75, 3.05) is 13.2 Å². The van der Waals surface area contributed by atoms with Crippen LogP contribution in [0.15, 0.2) is 109 Å². The van der Waals surface area contributed by atoms with Gasteiger partial charge in [0.2, 0.25) is 0 Å². The summed E-state index contributed by atoms with van der Waals surface area (Å²) in [6.45, 7) is 6.51. The molecule has 1 atom stereocenters. The fraction of sp³-hybridized carbons (Fsp3) is 0.720. The van der Waals surface area contributed by atoms with Gasteiger partial charge in [0.05, 0.1) is 0 Å². The maximum absolute atomic E-state index is 13.0. The molecule has 0 heterocycles. The Hall–Kier alpha value is -3.93. The van der Waals surface area contributed by atoms with Gasteiger partial charge in [-0.15, -0.1) is 0 Å². The van der Waals surface area contributed by atoms with Gasteiger partial charge in [-0.2, -0.15) is 0 Å². The molecule has 81 heavy (non-hydrogen) atoms. The highest BCUT2D eigenvalue weighted by molar-refractivity contribution is 5.71. The molecule has 0 spiro atoms. The summed E-state index contributed by atoms with van der Waals surface area (Å²) in [6, 6.07) is 0. The van der Waals surface area contributed by atoms with Crippen molar-refractivity contribution in [2.45, 2.75) is 335 Å². The molecule has 0 aliphatic heterocycles. The van der Waals surface area contributed by atoms with Crippen molar-refractivity contribution >= 4 is 17.9 Å². The van der Waals surface area contributed by atoms with Gasteiger partial charge in [0.1, 0.15) is 13.2 Å². The second kappa shape index (κ2) is 68.6. The number of hydrogen-bond acceptors (Lipinski definition) is 6. The van der Waals surface area contributed by atoms with Crippen LogP contribution in [-0.4, -0.2) is 37.2 Å². The molecule has 0 fully saturated rings. The van der Waals surface area contributed by atoms with Crippen molar-refractivity contribution < 1.29 is 28.6 Å². The number of ether oxygens (including phenoxy) is 3. The highest BCUT2D eigenvalue weighted by Crippen LogP contribution is 2.16. The summed E-state index contributed by atoms with van der Waals surface area (Å²) < 4.78 is 17.0. The van der Waals surface area contributed by atoms with E-state index in [1.807, 2.05) is 0 Å². The quantitative estimate of drug-likeness (QED) is 0.0261. The van der Waals surface area contributed by atoms with Gasteiger partial charge in [0.25, 0.3) is 0 Å². The van der Waals surface area contributed by atoms with Crippen LogP contribution in [0.1, 0.15) is 329 Å². The van der Waals surface area contributed by atoms with Crippen molar-refractivity contribution in [1.29, 1.82) is 0 Å². The Bertz CT molecular complexity index is 1620. The topological polar surface area (TPSA) is 78.9 Å². The average molecular weight is 1130 g/mol. The molecule has 0 bridgehead atoms. The second-order valence-electron chi connectivity index (χ2n) is 22.7. The van der Waals surface area contributed by atoms with Gasteiger partial charge in [0.15, 0.2) is 6.10 Å². The molecule has 0 saturated carbocycles. The maximum Gasteiger partial charge on any atom is 0.306 e. The van der Waals surface area contributed by atoms with E-state index in [9.17, 15) is 14.4 Å². The molecule has 6 heteroatoms. The number of esters is 3. The summed E-state index contributed by atoms with van der Waals surface area (Å²) in [7, 11) is 0. The Morgan fingerprint density at radius 3 is 0.790 bits per heavy atom. The van der Waals surface area contributed by atoms with Gasteiger partial charge < -0.3 is 14.2 Å². The molecule has 0 saturated heterocycles. The van der Waals surface area contributed by atoms with E-state index >= 15 is 0 Å². The predicted octanol–water partition coefficient (Wildman–Crippen LogP) is 23.8. The zero-order valence-electron chi connectivity index (χ0n) is 53.3. The molecule has 0 amide bonds. The van der Waals surface area contributed by atoms with E-state index in [-0.39, 0.29) is 31.1 Å². The predicted molar refractivity (Wildman–Crippen MR) is 353 cm³/mol. The molecular weight excluding hydrogens is 997 g/mol. The van der Waals surface area contributed by atoms with Crippen molar-refractivity contribution in [2.24, 2.45) is 0 Å². The summed E-state index contributed by atoms with van der Waals surface area (Å²) in [5, 5.41) is 0. The minimum absolute atomic E-state index is 0.0859. The van der Waals surface area contributed by atoms with Crippen molar-refractivity contribution in [1.82, 2.24) is 0 Å². The van der Waals surface area contributed by atoms with E-state index < -0.39 is 6.10 Å². The van der Waals surface area contributed by atoms with E-state index in [2.05, 4.69) is 130 Å². The number of carbonyl (C=O) groups is 3. The lowest BCUT2D eigenvalue weighted by atomic mass is 10.1. The van der Waals surface area contributed by atoms with Crippen LogP contribution in [0.5, 0.6) is 0 Å². The largest absolute Gasteiger partial charge is 0.462 e. The van der Waals surface area contributed by atoms with Crippen LogP contribution in [0.4, 0.5) is 0 Å². The van der Waals surface area contributed by atoms with Gasteiger partial charge in [0, 0.05) is 19.3 Å². The molecular formula is C75H128O6. The Morgan fingerprint density at radius 1 is 0.259 bits per heavy atom. The number of hydrogen-bond donors (Lipinski definition) is 0. The summed E-state index contributed by atoms with van der Waals surface area (Å²) >= 11 is 0.